The number of hydrazine groups is 1. The summed E-state index contributed by atoms with van der Waals surface area (Å²) in [6.07, 6.45) is -0.0790. The lowest BCUT2D eigenvalue weighted by atomic mass is 10.0. The second-order valence-corrected chi connectivity index (χ2v) is 8.07. The van der Waals surface area contributed by atoms with Gasteiger partial charge in [-0.25, -0.2) is 9.59 Å². The van der Waals surface area contributed by atoms with Crippen LogP contribution >= 0.6 is 0 Å². The molecule has 2 saturated heterocycles. The van der Waals surface area contributed by atoms with Crippen molar-refractivity contribution in [1.29, 1.82) is 0 Å². The van der Waals surface area contributed by atoms with Crippen LogP contribution in [-0.4, -0.2) is 57.6 Å². The Bertz CT molecular complexity index is 1060. The van der Waals surface area contributed by atoms with E-state index >= 15 is 0 Å². The molecule has 34 heavy (non-hydrogen) atoms. The van der Waals surface area contributed by atoms with E-state index in [1.807, 2.05) is 30.3 Å². The number of urea groups is 1. The number of benzene rings is 2. The number of rotatable bonds is 7. The van der Waals surface area contributed by atoms with Crippen molar-refractivity contribution >= 4 is 23.9 Å². The highest BCUT2D eigenvalue weighted by Crippen LogP contribution is 2.30. The van der Waals surface area contributed by atoms with E-state index in [1.54, 1.807) is 12.1 Å². The van der Waals surface area contributed by atoms with Crippen molar-refractivity contribution in [2.24, 2.45) is 0 Å². The van der Waals surface area contributed by atoms with Crippen molar-refractivity contribution in [3.63, 3.8) is 0 Å². The molecule has 0 radical (unpaired) electrons. The predicted molar refractivity (Wildman–Crippen MR) is 119 cm³/mol. The maximum Gasteiger partial charge on any atom is 0.404 e. The average molecular weight is 467 g/mol. The summed E-state index contributed by atoms with van der Waals surface area (Å²) < 4.78 is 0. The van der Waals surface area contributed by atoms with Crippen molar-refractivity contribution in [1.82, 2.24) is 26.1 Å². The second kappa shape index (κ2) is 10.2. The van der Waals surface area contributed by atoms with Gasteiger partial charge in [-0.1, -0.05) is 42.5 Å². The van der Waals surface area contributed by atoms with Crippen molar-refractivity contribution < 1.29 is 29.1 Å². The first-order valence-corrected chi connectivity index (χ1v) is 10.8. The molecule has 5 amide bonds. The van der Waals surface area contributed by atoms with Gasteiger partial charge in [0.25, 0.3) is 11.8 Å². The number of nitrogens with one attached hydrogen (secondary N) is 3. The molecule has 2 aromatic carbocycles. The van der Waals surface area contributed by atoms with E-state index in [-0.39, 0.29) is 25.2 Å². The third kappa shape index (κ3) is 5.26. The van der Waals surface area contributed by atoms with Gasteiger partial charge in [-0.3, -0.25) is 25.3 Å². The molecule has 0 unspecified atom stereocenters. The van der Waals surface area contributed by atoms with E-state index in [0.717, 1.165) is 5.56 Å². The molecule has 2 aliphatic heterocycles. The predicted octanol–water partition coefficient (Wildman–Crippen LogP) is 1.62. The molecule has 2 fully saturated rings. The topological polar surface area (TPSA) is 140 Å². The van der Waals surface area contributed by atoms with E-state index in [9.17, 15) is 19.2 Å². The van der Waals surface area contributed by atoms with E-state index in [2.05, 4.69) is 16.2 Å². The number of hydroxylamine groups is 2. The van der Waals surface area contributed by atoms with Gasteiger partial charge in [0.2, 0.25) is 0 Å². The Balaban J connectivity index is 1.28. The van der Waals surface area contributed by atoms with Crippen molar-refractivity contribution in [3.05, 3.63) is 71.3 Å². The van der Waals surface area contributed by atoms with Crippen LogP contribution < -0.4 is 16.2 Å². The third-order valence-corrected chi connectivity index (χ3v) is 5.80. The number of carbonyl (C=O) groups excluding carboxylic acids is 3. The van der Waals surface area contributed by atoms with Crippen LogP contribution in [-0.2, 0) is 22.8 Å². The fraction of sp³-hybridized carbons (Fsp3) is 0.304. The van der Waals surface area contributed by atoms with Gasteiger partial charge in [0, 0.05) is 18.7 Å². The molecular formula is C23H25N5O6. The molecule has 2 bridgehead atoms. The molecule has 0 saturated carbocycles. The zero-order valence-corrected chi connectivity index (χ0v) is 18.3. The molecule has 4 rings (SSSR count). The zero-order valence-electron chi connectivity index (χ0n) is 18.3. The van der Waals surface area contributed by atoms with Crippen LogP contribution in [0.3, 0.4) is 0 Å². The monoisotopic (exact) mass is 467 g/mol. The summed E-state index contributed by atoms with van der Waals surface area (Å²) in [7, 11) is 0. The zero-order chi connectivity index (χ0) is 24.1. The summed E-state index contributed by atoms with van der Waals surface area (Å²) >= 11 is 0. The Morgan fingerprint density at radius 2 is 1.71 bits per heavy atom. The summed E-state index contributed by atoms with van der Waals surface area (Å²) in [5.41, 5.74) is 6.68. The summed E-state index contributed by atoms with van der Waals surface area (Å²) in [6.45, 7) is 0.757. The molecule has 0 aliphatic carbocycles. The standard InChI is InChI=1S/C23H25N5O6/c29-20(17-8-6-15(7-9-17)12-24-22(31)32)25-26-21(30)19-11-10-18-13-27(19)23(33)28(18)34-14-16-4-2-1-3-5-16/h1-9,18-19,24H,10-14H2,(H,25,29)(H,26,30)(H,31,32)/t18-,19+/m1/s1. The molecule has 2 aliphatic rings. The number of amides is 5. The lowest BCUT2D eigenvalue weighted by Crippen LogP contribution is -2.54. The highest BCUT2D eigenvalue weighted by atomic mass is 16.7. The number of nitrogens with zero attached hydrogens (tertiary/aromatic N) is 2. The number of fused-ring (bicyclic) bond motifs is 2. The Labute approximate surface area is 195 Å². The molecule has 4 N–H and O–H groups in total. The average Bonchev–Trinajstić information content (AvgIpc) is 3.09. The number of carbonyl (C=O) groups is 4. The molecule has 0 aromatic heterocycles. The molecule has 2 heterocycles. The number of hydrogen-bond acceptors (Lipinski definition) is 5. The molecular weight excluding hydrogens is 442 g/mol. The number of hydrogen-bond donors (Lipinski definition) is 4. The maximum absolute atomic E-state index is 12.8. The van der Waals surface area contributed by atoms with Crippen LogP contribution in [0.5, 0.6) is 0 Å². The molecule has 11 heteroatoms. The van der Waals surface area contributed by atoms with Gasteiger partial charge in [0.1, 0.15) is 12.6 Å². The Kier molecular flexibility index (Phi) is 6.93. The maximum atomic E-state index is 12.8. The van der Waals surface area contributed by atoms with Crippen LogP contribution in [0.2, 0.25) is 0 Å². The minimum absolute atomic E-state index is 0.118. The molecule has 11 nitrogen and oxygen atoms in total. The fourth-order valence-corrected chi connectivity index (χ4v) is 4.01. The van der Waals surface area contributed by atoms with Gasteiger partial charge in [0.05, 0.1) is 6.04 Å². The molecule has 2 aromatic rings. The smallest absolute Gasteiger partial charge is 0.404 e. The lowest BCUT2D eigenvalue weighted by molar-refractivity contribution is -0.140. The first-order valence-electron chi connectivity index (χ1n) is 10.8. The van der Waals surface area contributed by atoms with E-state index < -0.39 is 23.9 Å². The third-order valence-electron chi connectivity index (χ3n) is 5.80. The SMILES string of the molecule is O=C(O)NCc1ccc(C(=O)NNC(=O)[C@@H]2CC[C@@H]3CN2C(=O)N3OCc2ccccc2)cc1. The van der Waals surface area contributed by atoms with Gasteiger partial charge in [-0.2, -0.15) is 5.06 Å². The van der Waals surface area contributed by atoms with Gasteiger partial charge in [-0.15, -0.1) is 0 Å². The Morgan fingerprint density at radius 1 is 0.971 bits per heavy atom. The normalized spacial score (nSPS) is 19.0. The largest absolute Gasteiger partial charge is 0.465 e. The van der Waals surface area contributed by atoms with Gasteiger partial charge in [0.15, 0.2) is 0 Å². The van der Waals surface area contributed by atoms with Gasteiger partial charge < -0.3 is 15.3 Å². The van der Waals surface area contributed by atoms with Crippen molar-refractivity contribution in [3.8, 4) is 0 Å². The minimum atomic E-state index is -1.14. The highest BCUT2D eigenvalue weighted by molar-refractivity contribution is 5.96. The van der Waals surface area contributed by atoms with Crippen molar-refractivity contribution in [2.75, 3.05) is 6.54 Å². The first-order chi connectivity index (χ1) is 16.4. The summed E-state index contributed by atoms with van der Waals surface area (Å²) in [5, 5.41) is 12.2. The number of piperidine rings is 1. The van der Waals surface area contributed by atoms with E-state index in [1.165, 1.54) is 22.1 Å². The fourth-order valence-electron chi connectivity index (χ4n) is 4.01. The summed E-state index contributed by atoms with van der Waals surface area (Å²) in [4.78, 5) is 55.7. The Morgan fingerprint density at radius 3 is 2.41 bits per heavy atom. The highest BCUT2D eigenvalue weighted by Gasteiger charge is 2.48. The van der Waals surface area contributed by atoms with E-state index in [4.69, 9.17) is 9.94 Å². The van der Waals surface area contributed by atoms with Crippen molar-refractivity contribution in [2.45, 2.75) is 38.1 Å². The van der Waals surface area contributed by atoms with Crippen LogP contribution in [0.15, 0.2) is 54.6 Å². The van der Waals surface area contributed by atoms with Crippen LogP contribution in [0, 0.1) is 0 Å². The van der Waals surface area contributed by atoms with Gasteiger partial charge >= 0.3 is 12.1 Å². The van der Waals surface area contributed by atoms with Crippen LogP contribution in [0.4, 0.5) is 9.59 Å². The molecule has 0 spiro atoms. The lowest BCUT2D eigenvalue weighted by Gasteiger charge is -2.29. The molecule has 2 atom stereocenters. The van der Waals surface area contributed by atoms with Crippen LogP contribution in [0.1, 0.15) is 34.3 Å². The minimum Gasteiger partial charge on any atom is -0.465 e. The second-order valence-electron chi connectivity index (χ2n) is 8.07. The van der Waals surface area contributed by atoms with E-state index in [0.29, 0.717) is 30.5 Å². The summed E-state index contributed by atoms with van der Waals surface area (Å²) in [6, 6.07) is 14.6. The quantitative estimate of drug-likeness (QED) is 0.456. The molecule has 178 valence electrons. The summed E-state index contributed by atoms with van der Waals surface area (Å²) in [5.74, 6) is -1.01. The Hall–Kier alpha value is -4.12. The number of carboxylic acid groups (broad SMARTS) is 1. The first kappa shape index (κ1) is 23.1. The van der Waals surface area contributed by atoms with Gasteiger partial charge in [-0.05, 0) is 36.1 Å². The van der Waals surface area contributed by atoms with Crippen LogP contribution in [0.25, 0.3) is 0 Å².